The van der Waals surface area contributed by atoms with E-state index >= 15 is 0 Å². The predicted octanol–water partition coefficient (Wildman–Crippen LogP) is 5.02. The van der Waals surface area contributed by atoms with Crippen LogP contribution in [0.2, 0.25) is 0 Å². The number of hydrogen-bond donors (Lipinski definition) is 1. The van der Waals surface area contributed by atoms with E-state index in [9.17, 15) is 9.18 Å². The number of fused-ring (bicyclic) bond motifs is 3. The number of imidazole rings is 1. The minimum Gasteiger partial charge on any atom is -0.337 e. The van der Waals surface area contributed by atoms with E-state index < -0.39 is 12.7 Å². The number of hydrogen-bond acceptors (Lipinski definition) is 4. The number of aliphatic imine (C=N–C) groups is 1. The predicted molar refractivity (Wildman–Crippen MR) is 168 cm³/mol. The summed E-state index contributed by atoms with van der Waals surface area (Å²) in [4.78, 5) is 26.1. The molecule has 1 saturated carbocycles. The van der Waals surface area contributed by atoms with Gasteiger partial charge in [-0.25, -0.2) is 9.37 Å². The molecule has 8 nitrogen and oxygen atoms in total. The van der Waals surface area contributed by atoms with Crippen LogP contribution in [0.25, 0.3) is 39.5 Å². The second-order valence-corrected chi connectivity index (χ2v) is 11.4. The zero-order valence-electron chi connectivity index (χ0n) is 24.3. The van der Waals surface area contributed by atoms with Gasteiger partial charge in [0.15, 0.2) is 5.82 Å². The van der Waals surface area contributed by atoms with Crippen LogP contribution >= 0.6 is 0 Å². The highest BCUT2D eigenvalue weighted by molar-refractivity contribution is 6.01. The van der Waals surface area contributed by atoms with Gasteiger partial charge in [0, 0.05) is 51.2 Å². The lowest BCUT2D eigenvalue weighted by Gasteiger charge is -2.30. The van der Waals surface area contributed by atoms with Gasteiger partial charge in [0.1, 0.15) is 6.67 Å². The van der Waals surface area contributed by atoms with Crippen LogP contribution in [0.15, 0.2) is 60.2 Å². The molecule has 1 aliphatic heterocycles. The monoisotopic (exact) mass is 567 g/mol. The fourth-order valence-electron chi connectivity index (χ4n) is 5.99. The van der Waals surface area contributed by atoms with Crippen LogP contribution in [-0.2, 0) is 20.0 Å². The van der Waals surface area contributed by atoms with Crippen molar-refractivity contribution in [1.29, 1.82) is 0 Å². The molecular weight excluding hydrogens is 529 g/mol. The van der Waals surface area contributed by atoms with Crippen molar-refractivity contribution in [2.24, 2.45) is 23.7 Å². The number of nitrogens with zero attached hydrogens (tertiary/aromatic N) is 6. The number of alkyl halides is 1. The summed E-state index contributed by atoms with van der Waals surface area (Å²) < 4.78 is 17.6. The topological polar surface area (TPSA) is 84.7 Å². The third kappa shape index (κ3) is 5.25. The van der Waals surface area contributed by atoms with Crippen LogP contribution in [0.1, 0.15) is 34.3 Å². The van der Waals surface area contributed by atoms with Crippen molar-refractivity contribution in [2.75, 3.05) is 33.4 Å². The van der Waals surface area contributed by atoms with Gasteiger partial charge in [0.25, 0.3) is 5.91 Å². The minimum absolute atomic E-state index is 0.103. The van der Waals surface area contributed by atoms with Gasteiger partial charge >= 0.3 is 0 Å². The molecule has 1 aliphatic carbocycles. The molecule has 1 atom stereocenters. The standard InChI is InChI=1S/C33H38FN7O/c1-4-39(21-36-2)13-6-9-23-7-5-8-25-16-30(41(31(23)25)19-22-10-11-22)32-37-28-17-27-24(15-29(28)38(32)3)12-14-40(33(27)42)20-26(35)18-34/h4-9,15-17,21-22,26H,1,10-14,18-20,35H2,2-3H3/b9-6+,36-21?. The Kier molecular flexibility index (Phi) is 7.68. The maximum Gasteiger partial charge on any atom is 0.254 e. The number of rotatable bonds is 11. The fourth-order valence-corrected chi connectivity index (χ4v) is 5.99. The van der Waals surface area contributed by atoms with Gasteiger partial charge < -0.3 is 24.7 Å². The zero-order chi connectivity index (χ0) is 29.4. The summed E-state index contributed by atoms with van der Waals surface area (Å²) in [7, 11) is 3.80. The molecule has 1 fully saturated rings. The normalized spacial score (nSPS) is 16.3. The van der Waals surface area contributed by atoms with Crippen molar-refractivity contribution in [1.82, 2.24) is 23.9 Å². The Bertz CT molecular complexity index is 1710. The molecule has 218 valence electrons. The highest BCUT2D eigenvalue weighted by atomic mass is 19.1. The highest BCUT2D eigenvalue weighted by Crippen LogP contribution is 2.38. The Labute approximate surface area is 245 Å². The SMILES string of the molecule is C=CN(C=NC)C/C=C/c1cccc2cc(-c3nc4cc5c(cc4n3C)CCN(CC(N)CF)C5=O)n(CC3CC3)c12. The number of nitrogens with two attached hydrogens (primary N) is 1. The molecule has 9 heteroatoms. The summed E-state index contributed by atoms with van der Waals surface area (Å²) in [6.45, 7) is 5.60. The Balaban J connectivity index is 1.41. The van der Waals surface area contributed by atoms with Crippen molar-refractivity contribution in [3.63, 3.8) is 0 Å². The second kappa shape index (κ2) is 11.6. The first-order chi connectivity index (χ1) is 20.4. The lowest BCUT2D eigenvalue weighted by molar-refractivity contribution is 0.0725. The molecule has 2 aromatic carbocycles. The third-order valence-electron chi connectivity index (χ3n) is 8.36. The van der Waals surface area contributed by atoms with Gasteiger partial charge in [-0.2, -0.15) is 0 Å². The van der Waals surface area contributed by atoms with Crippen LogP contribution in [-0.4, -0.2) is 75.6 Å². The first-order valence-corrected chi connectivity index (χ1v) is 14.6. The number of para-hydroxylation sites is 1. The van der Waals surface area contributed by atoms with E-state index in [-0.39, 0.29) is 12.5 Å². The van der Waals surface area contributed by atoms with E-state index in [2.05, 4.69) is 63.2 Å². The lowest BCUT2D eigenvalue weighted by atomic mass is 9.97. The average Bonchev–Trinajstić information content (AvgIpc) is 3.67. The lowest BCUT2D eigenvalue weighted by Crippen LogP contribution is -2.45. The molecule has 4 aromatic rings. The fraction of sp³-hybridized carbons (Fsp3) is 0.364. The van der Waals surface area contributed by atoms with Crippen LogP contribution in [0, 0.1) is 5.92 Å². The molecule has 2 N–H and O–H groups in total. The van der Waals surface area contributed by atoms with Gasteiger partial charge in [-0.05, 0) is 60.7 Å². The molecular formula is C33H38FN7O. The van der Waals surface area contributed by atoms with E-state index in [0.717, 1.165) is 40.2 Å². The molecule has 2 aliphatic rings. The average molecular weight is 568 g/mol. The van der Waals surface area contributed by atoms with Crippen molar-refractivity contribution in [3.8, 4) is 11.5 Å². The first kappa shape index (κ1) is 27.9. The summed E-state index contributed by atoms with van der Waals surface area (Å²) in [6.07, 6.45) is 11.0. The summed E-state index contributed by atoms with van der Waals surface area (Å²) >= 11 is 0. The number of carbonyl (C=O) groups excluding carboxylic acids is 1. The molecule has 1 unspecified atom stereocenters. The number of benzene rings is 2. The molecule has 0 radical (unpaired) electrons. The molecule has 0 spiro atoms. The van der Waals surface area contributed by atoms with Crippen molar-refractivity contribution in [2.45, 2.75) is 31.8 Å². The molecule has 3 heterocycles. The summed E-state index contributed by atoms with van der Waals surface area (Å²) in [6, 6.07) is 12.0. The van der Waals surface area contributed by atoms with E-state index in [1.807, 2.05) is 18.0 Å². The number of aryl methyl sites for hydroxylation is 1. The first-order valence-electron chi connectivity index (χ1n) is 14.6. The van der Waals surface area contributed by atoms with Crippen LogP contribution < -0.4 is 5.73 Å². The quantitative estimate of drug-likeness (QED) is 0.204. The van der Waals surface area contributed by atoms with Gasteiger partial charge in [-0.15, -0.1) is 0 Å². The highest BCUT2D eigenvalue weighted by Gasteiger charge is 2.29. The van der Waals surface area contributed by atoms with Gasteiger partial charge in [-0.1, -0.05) is 36.9 Å². The number of halogens is 1. The Morgan fingerprint density at radius 1 is 1.29 bits per heavy atom. The van der Waals surface area contributed by atoms with E-state index in [0.29, 0.717) is 31.0 Å². The molecule has 0 saturated heterocycles. The molecule has 0 bridgehead atoms. The summed E-state index contributed by atoms with van der Waals surface area (Å²) in [5.74, 6) is 1.43. The Morgan fingerprint density at radius 2 is 2.12 bits per heavy atom. The van der Waals surface area contributed by atoms with Crippen LogP contribution in [0.3, 0.4) is 0 Å². The maximum atomic E-state index is 13.3. The van der Waals surface area contributed by atoms with Crippen LogP contribution in [0.4, 0.5) is 4.39 Å². The van der Waals surface area contributed by atoms with Gasteiger partial charge in [-0.3, -0.25) is 9.79 Å². The Hall–Kier alpha value is -4.24. The third-order valence-corrected chi connectivity index (χ3v) is 8.36. The number of carbonyl (C=O) groups is 1. The summed E-state index contributed by atoms with van der Waals surface area (Å²) in [5.41, 5.74) is 12.7. The van der Waals surface area contributed by atoms with Crippen molar-refractivity contribution < 1.29 is 9.18 Å². The Morgan fingerprint density at radius 3 is 2.86 bits per heavy atom. The minimum atomic E-state index is -0.667. The summed E-state index contributed by atoms with van der Waals surface area (Å²) in [5, 5.41) is 1.17. The van der Waals surface area contributed by atoms with Crippen molar-refractivity contribution in [3.05, 3.63) is 71.9 Å². The largest absolute Gasteiger partial charge is 0.337 e. The maximum absolute atomic E-state index is 13.3. The number of aromatic nitrogens is 3. The van der Waals surface area contributed by atoms with Crippen molar-refractivity contribution >= 4 is 40.3 Å². The molecule has 42 heavy (non-hydrogen) atoms. The zero-order valence-corrected chi connectivity index (χ0v) is 24.3. The van der Waals surface area contributed by atoms with E-state index in [1.54, 1.807) is 24.5 Å². The van der Waals surface area contributed by atoms with Gasteiger partial charge in [0.05, 0.1) is 34.6 Å². The molecule has 1 amide bonds. The number of amides is 1. The van der Waals surface area contributed by atoms with Gasteiger partial charge in [0.2, 0.25) is 0 Å². The molecule has 6 rings (SSSR count). The molecule has 2 aromatic heterocycles. The van der Waals surface area contributed by atoms with E-state index in [1.165, 1.54) is 23.7 Å². The van der Waals surface area contributed by atoms with E-state index in [4.69, 9.17) is 10.7 Å². The smallest absolute Gasteiger partial charge is 0.254 e. The second-order valence-electron chi connectivity index (χ2n) is 11.4. The van der Waals surface area contributed by atoms with Crippen LogP contribution in [0.5, 0.6) is 0 Å².